The number of anilines is 2. The summed E-state index contributed by atoms with van der Waals surface area (Å²) in [5.74, 6) is -0.844. The van der Waals surface area contributed by atoms with Crippen molar-refractivity contribution in [3.05, 3.63) is 59.2 Å². The van der Waals surface area contributed by atoms with E-state index in [0.717, 1.165) is 0 Å². The Morgan fingerprint density at radius 2 is 1.60 bits per heavy atom. The molecular formula is C19H20N2O4. The average Bonchev–Trinajstić information content (AvgIpc) is 2.60. The molecule has 25 heavy (non-hydrogen) atoms. The molecular weight excluding hydrogens is 320 g/mol. The summed E-state index contributed by atoms with van der Waals surface area (Å²) in [5.41, 5.74) is 2.74. The minimum Gasteiger partial charge on any atom is -0.465 e. The van der Waals surface area contributed by atoms with Crippen LogP contribution in [0.3, 0.4) is 0 Å². The zero-order valence-electron chi connectivity index (χ0n) is 14.4. The average molecular weight is 340 g/mol. The monoisotopic (exact) mass is 340 g/mol. The fourth-order valence-electron chi connectivity index (χ4n) is 2.43. The van der Waals surface area contributed by atoms with Crippen LogP contribution in [0.1, 0.15) is 33.2 Å². The number of rotatable bonds is 6. The van der Waals surface area contributed by atoms with Crippen LogP contribution >= 0.6 is 0 Å². The van der Waals surface area contributed by atoms with E-state index in [0.29, 0.717) is 28.1 Å². The molecule has 0 saturated carbocycles. The number of amides is 1. The Kier molecular flexibility index (Phi) is 5.89. The highest BCUT2D eigenvalue weighted by Crippen LogP contribution is 2.20. The minimum absolute atomic E-state index is 0.00228. The first-order chi connectivity index (χ1) is 11.9. The van der Waals surface area contributed by atoms with Crippen LogP contribution in [0.25, 0.3) is 0 Å². The number of para-hydroxylation sites is 1. The van der Waals surface area contributed by atoms with Crippen molar-refractivity contribution in [2.75, 3.05) is 24.3 Å². The van der Waals surface area contributed by atoms with Crippen LogP contribution < -0.4 is 10.6 Å². The van der Waals surface area contributed by atoms with E-state index in [1.165, 1.54) is 14.0 Å². The SMILES string of the molecule is COC(=O)c1cccc(NCC(=O)Nc2ccccc2C(C)=O)c1C. The Bertz CT molecular complexity index is 815. The predicted octanol–water partition coefficient (Wildman–Crippen LogP) is 3.03. The largest absolute Gasteiger partial charge is 0.465 e. The van der Waals surface area contributed by atoms with E-state index in [2.05, 4.69) is 10.6 Å². The Balaban J connectivity index is 2.06. The molecule has 0 aromatic heterocycles. The van der Waals surface area contributed by atoms with Gasteiger partial charge in [0.2, 0.25) is 5.91 Å². The normalized spacial score (nSPS) is 10.0. The Morgan fingerprint density at radius 1 is 0.960 bits per heavy atom. The molecule has 0 saturated heterocycles. The van der Waals surface area contributed by atoms with Gasteiger partial charge in [0.1, 0.15) is 0 Å². The molecule has 0 bridgehead atoms. The highest BCUT2D eigenvalue weighted by molar-refractivity contribution is 6.04. The Morgan fingerprint density at radius 3 is 2.28 bits per heavy atom. The second kappa shape index (κ2) is 8.10. The maximum Gasteiger partial charge on any atom is 0.338 e. The standard InChI is InChI=1S/C19H20N2O4/c1-12-14(19(24)25-3)8-6-10-16(12)20-11-18(23)21-17-9-5-4-7-15(17)13(2)22/h4-10,20H,11H2,1-3H3,(H,21,23). The topological polar surface area (TPSA) is 84.5 Å². The van der Waals surface area contributed by atoms with Crippen molar-refractivity contribution in [3.63, 3.8) is 0 Å². The molecule has 130 valence electrons. The van der Waals surface area contributed by atoms with Gasteiger partial charge in [-0.2, -0.15) is 0 Å². The molecule has 0 aliphatic carbocycles. The van der Waals surface area contributed by atoms with Gasteiger partial charge in [-0.05, 0) is 43.7 Å². The predicted molar refractivity (Wildman–Crippen MR) is 96.1 cm³/mol. The van der Waals surface area contributed by atoms with Crippen molar-refractivity contribution in [1.82, 2.24) is 0 Å². The highest BCUT2D eigenvalue weighted by Gasteiger charge is 2.13. The van der Waals surface area contributed by atoms with Crippen molar-refractivity contribution in [3.8, 4) is 0 Å². The first-order valence-corrected chi connectivity index (χ1v) is 7.75. The van der Waals surface area contributed by atoms with Gasteiger partial charge in [-0.1, -0.05) is 18.2 Å². The molecule has 0 atom stereocenters. The summed E-state index contributed by atoms with van der Waals surface area (Å²) in [7, 11) is 1.32. The summed E-state index contributed by atoms with van der Waals surface area (Å²) in [5, 5.41) is 5.71. The second-order valence-corrected chi connectivity index (χ2v) is 5.47. The van der Waals surface area contributed by atoms with Gasteiger partial charge in [0.05, 0.1) is 24.9 Å². The minimum atomic E-state index is -0.430. The number of Topliss-reactive ketones (excluding diaryl/α,β-unsaturated/α-hetero) is 1. The summed E-state index contributed by atoms with van der Waals surface area (Å²) < 4.78 is 4.73. The zero-order chi connectivity index (χ0) is 18.4. The van der Waals surface area contributed by atoms with Crippen molar-refractivity contribution in [2.45, 2.75) is 13.8 Å². The van der Waals surface area contributed by atoms with Gasteiger partial charge >= 0.3 is 5.97 Å². The van der Waals surface area contributed by atoms with Gasteiger partial charge in [0, 0.05) is 11.3 Å². The lowest BCUT2D eigenvalue weighted by Crippen LogP contribution is -2.23. The third-order valence-corrected chi connectivity index (χ3v) is 3.76. The van der Waals surface area contributed by atoms with Crippen molar-refractivity contribution >= 4 is 29.0 Å². The lowest BCUT2D eigenvalue weighted by molar-refractivity contribution is -0.114. The van der Waals surface area contributed by atoms with Gasteiger partial charge in [-0.3, -0.25) is 9.59 Å². The first kappa shape index (κ1) is 18.2. The lowest BCUT2D eigenvalue weighted by Gasteiger charge is -2.13. The van der Waals surface area contributed by atoms with Crippen LogP contribution in [0.2, 0.25) is 0 Å². The van der Waals surface area contributed by atoms with E-state index in [-0.39, 0.29) is 18.2 Å². The number of hydrogen-bond donors (Lipinski definition) is 2. The lowest BCUT2D eigenvalue weighted by atomic mass is 10.1. The van der Waals surface area contributed by atoms with Crippen LogP contribution in [0.5, 0.6) is 0 Å². The summed E-state index contributed by atoms with van der Waals surface area (Å²) in [6.07, 6.45) is 0. The van der Waals surface area contributed by atoms with Gasteiger partial charge in [-0.15, -0.1) is 0 Å². The van der Waals surface area contributed by atoms with Crippen molar-refractivity contribution < 1.29 is 19.1 Å². The molecule has 0 aliphatic heterocycles. The molecule has 2 rings (SSSR count). The molecule has 0 spiro atoms. The maximum absolute atomic E-state index is 12.2. The number of carbonyl (C=O) groups excluding carboxylic acids is 3. The van der Waals surface area contributed by atoms with E-state index < -0.39 is 5.97 Å². The highest BCUT2D eigenvalue weighted by atomic mass is 16.5. The smallest absolute Gasteiger partial charge is 0.338 e. The quantitative estimate of drug-likeness (QED) is 0.624. The molecule has 6 nitrogen and oxygen atoms in total. The number of hydrogen-bond acceptors (Lipinski definition) is 5. The van der Waals surface area contributed by atoms with Crippen LogP contribution in [0.15, 0.2) is 42.5 Å². The Hall–Kier alpha value is -3.15. The van der Waals surface area contributed by atoms with Gasteiger partial charge in [0.15, 0.2) is 5.78 Å². The van der Waals surface area contributed by atoms with E-state index in [9.17, 15) is 14.4 Å². The number of ether oxygens (including phenoxy) is 1. The first-order valence-electron chi connectivity index (χ1n) is 7.75. The van der Waals surface area contributed by atoms with E-state index in [1.54, 1.807) is 49.4 Å². The molecule has 1 amide bonds. The molecule has 0 aliphatic rings. The fraction of sp³-hybridized carbons (Fsp3) is 0.211. The fourth-order valence-corrected chi connectivity index (χ4v) is 2.43. The van der Waals surface area contributed by atoms with E-state index >= 15 is 0 Å². The molecule has 0 heterocycles. The van der Waals surface area contributed by atoms with Crippen LogP contribution in [0, 0.1) is 6.92 Å². The third-order valence-electron chi connectivity index (χ3n) is 3.76. The molecule has 2 aromatic carbocycles. The number of nitrogens with one attached hydrogen (secondary N) is 2. The summed E-state index contributed by atoms with van der Waals surface area (Å²) in [4.78, 5) is 35.5. The second-order valence-electron chi connectivity index (χ2n) is 5.47. The molecule has 0 unspecified atom stereocenters. The molecule has 0 fully saturated rings. The molecule has 6 heteroatoms. The molecule has 0 radical (unpaired) electrons. The van der Waals surface area contributed by atoms with Gasteiger partial charge in [0.25, 0.3) is 0 Å². The number of ketones is 1. The van der Waals surface area contributed by atoms with Crippen molar-refractivity contribution in [1.29, 1.82) is 0 Å². The van der Waals surface area contributed by atoms with Crippen LogP contribution in [-0.2, 0) is 9.53 Å². The van der Waals surface area contributed by atoms with Crippen LogP contribution in [0.4, 0.5) is 11.4 Å². The number of methoxy groups -OCH3 is 1. The summed E-state index contributed by atoms with van der Waals surface area (Å²) in [6.45, 7) is 3.22. The Labute approximate surface area is 146 Å². The summed E-state index contributed by atoms with van der Waals surface area (Å²) in [6, 6.07) is 12.0. The summed E-state index contributed by atoms with van der Waals surface area (Å²) >= 11 is 0. The number of benzene rings is 2. The zero-order valence-corrected chi connectivity index (χ0v) is 14.4. The van der Waals surface area contributed by atoms with E-state index in [1.807, 2.05) is 0 Å². The number of carbonyl (C=O) groups is 3. The molecule has 2 N–H and O–H groups in total. The van der Waals surface area contributed by atoms with Crippen LogP contribution in [-0.4, -0.2) is 31.3 Å². The van der Waals surface area contributed by atoms with Gasteiger partial charge in [-0.25, -0.2) is 4.79 Å². The molecule has 2 aromatic rings. The third kappa shape index (κ3) is 4.44. The van der Waals surface area contributed by atoms with Gasteiger partial charge < -0.3 is 15.4 Å². The van der Waals surface area contributed by atoms with E-state index in [4.69, 9.17) is 4.74 Å². The maximum atomic E-state index is 12.2. The van der Waals surface area contributed by atoms with Crippen molar-refractivity contribution in [2.24, 2.45) is 0 Å². The number of esters is 1.